The lowest BCUT2D eigenvalue weighted by Gasteiger charge is -2.38. The summed E-state index contributed by atoms with van der Waals surface area (Å²) >= 11 is 0. The minimum Gasteiger partial charge on any atom is -0.373 e. The van der Waals surface area contributed by atoms with Gasteiger partial charge < -0.3 is 14.5 Å². The summed E-state index contributed by atoms with van der Waals surface area (Å²) < 4.78 is 7.70. The summed E-state index contributed by atoms with van der Waals surface area (Å²) in [5, 5.41) is 4.39. The lowest BCUT2D eigenvalue weighted by atomic mass is 9.95. The van der Waals surface area contributed by atoms with E-state index in [2.05, 4.69) is 10.1 Å². The van der Waals surface area contributed by atoms with Crippen molar-refractivity contribution >= 4 is 11.8 Å². The number of aromatic nitrogens is 3. The van der Waals surface area contributed by atoms with E-state index in [0.717, 1.165) is 31.0 Å². The molecular weight excluding hydrogens is 346 g/mol. The highest BCUT2D eigenvalue weighted by Crippen LogP contribution is 2.22. The number of morpholine rings is 1. The Labute approximate surface area is 160 Å². The maximum absolute atomic E-state index is 13.1. The summed E-state index contributed by atoms with van der Waals surface area (Å²) in [6.45, 7) is 11.2. The monoisotopic (exact) mass is 377 g/mol. The van der Waals surface area contributed by atoms with Crippen LogP contribution in [0.4, 0.5) is 0 Å². The topological polar surface area (TPSA) is 80.6 Å². The Morgan fingerprint density at radius 1 is 1.19 bits per heavy atom. The Morgan fingerprint density at radius 2 is 1.96 bits per heavy atom. The molecule has 2 amide bonds. The number of likely N-dealkylation sites (tertiary alicyclic amines) is 1. The van der Waals surface area contributed by atoms with Gasteiger partial charge in [-0.1, -0.05) is 13.8 Å². The fraction of sp³-hybridized carbons (Fsp3) is 0.789. The van der Waals surface area contributed by atoms with Gasteiger partial charge in [-0.15, -0.1) is 0 Å². The van der Waals surface area contributed by atoms with Crippen molar-refractivity contribution < 1.29 is 14.3 Å². The van der Waals surface area contributed by atoms with Crippen LogP contribution in [0.25, 0.3) is 0 Å². The number of rotatable bonds is 4. The zero-order valence-electron chi connectivity index (χ0n) is 16.8. The lowest BCUT2D eigenvalue weighted by Crippen LogP contribution is -2.52. The summed E-state index contributed by atoms with van der Waals surface area (Å²) in [6, 6.07) is 0. The van der Waals surface area contributed by atoms with Gasteiger partial charge in [0.15, 0.2) is 0 Å². The molecule has 3 rings (SSSR count). The second kappa shape index (κ2) is 8.37. The summed E-state index contributed by atoms with van der Waals surface area (Å²) in [4.78, 5) is 33.4. The molecule has 2 atom stereocenters. The zero-order chi connectivity index (χ0) is 19.6. The maximum atomic E-state index is 13.1. The lowest BCUT2D eigenvalue weighted by molar-refractivity contribution is -0.148. The number of amides is 2. The van der Waals surface area contributed by atoms with Gasteiger partial charge in [0.1, 0.15) is 11.6 Å². The minimum atomic E-state index is -0.101. The Morgan fingerprint density at radius 3 is 2.63 bits per heavy atom. The molecule has 2 saturated heterocycles. The second-order valence-corrected chi connectivity index (χ2v) is 7.94. The first-order valence-electron chi connectivity index (χ1n) is 9.92. The number of hydrogen-bond donors (Lipinski definition) is 0. The van der Waals surface area contributed by atoms with E-state index in [0.29, 0.717) is 32.8 Å². The smallest absolute Gasteiger partial charge is 0.227 e. The Balaban J connectivity index is 1.59. The van der Waals surface area contributed by atoms with Crippen molar-refractivity contribution in [2.24, 2.45) is 11.8 Å². The Hall–Kier alpha value is -1.96. The van der Waals surface area contributed by atoms with Gasteiger partial charge >= 0.3 is 0 Å². The summed E-state index contributed by atoms with van der Waals surface area (Å²) in [7, 11) is 0. The van der Waals surface area contributed by atoms with Crippen LogP contribution >= 0.6 is 0 Å². The molecule has 2 fully saturated rings. The van der Waals surface area contributed by atoms with Crippen LogP contribution in [0.5, 0.6) is 0 Å². The molecule has 0 aromatic carbocycles. The van der Waals surface area contributed by atoms with Gasteiger partial charge in [-0.2, -0.15) is 5.10 Å². The van der Waals surface area contributed by atoms with E-state index in [1.54, 1.807) is 0 Å². The number of piperidine rings is 1. The average Bonchev–Trinajstić information content (AvgIpc) is 2.97. The molecule has 27 heavy (non-hydrogen) atoms. The predicted molar refractivity (Wildman–Crippen MR) is 100.0 cm³/mol. The van der Waals surface area contributed by atoms with Gasteiger partial charge in [0.05, 0.1) is 25.2 Å². The van der Waals surface area contributed by atoms with Gasteiger partial charge in [0.25, 0.3) is 0 Å². The van der Waals surface area contributed by atoms with Crippen LogP contribution < -0.4 is 0 Å². The molecule has 8 nitrogen and oxygen atoms in total. The SMILES string of the molecule is Cc1nc(C)n(CC2CN(C(=O)C3CCCN(C(=O)C(C)C)C3)CCO2)n1. The predicted octanol–water partition coefficient (Wildman–Crippen LogP) is 1.02. The highest BCUT2D eigenvalue weighted by molar-refractivity contribution is 5.82. The zero-order valence-corrected chi connectivity index (χ0v) is 16.8. The molecule has 150 valence electrons. The van der Waals surface area contributed by atoms with Crippen LogP contribution in [0, 0.1) is 25.7 Å². The fourth-order valence-electron chi connectivity index (χ4n) is 3.96. The third-order valence-electron chi connectivity index (χ3n) is 5.37. The first kappa shape index (κ1) is 19.8. The van der Waals surface area contributed by atoms with Crippen LogP contribution in [0.1, 0.15) is 38.3 Å². The number of carbonyl (C=O) groups excluding carboxylic acids is 2. The standard InChI is InChI=1S/C19H31N5O3/c1-13(2)18(25)22-7-5-6-16(10-22)19(26)23-8-9-27-17(11-23)12-24-15(4)20-14(3)21-24/h13,16-17H,5-12H2,1-4H3. The van der Waals surface area contributed by atoms with E-state index in [9.17, 15) is 9.59 Å². The molecule has 2 aliphatic heterocycles. The van der Waals surface area contributed by atoms with Crippen molar-refractivity contribution in [3.05, 3.63) is 11.6 Å². The van der Waals surface area contributed by atoms with Crippen LogP contribution in [-0.4, -0.2) is 75.3 Å². The Bertz CT molecular complexity index is 687. The van der Waals surface area contributed by atoms with Crippen molar-refractivity contribution in [3.8, 4) is 0 Å². The van der Waals surface area contributed by atoms with E-state index < -0.39 is 0 Å². The molecule has 0 radical (unpaired) electrons. The molecule has 0 N–H and O–H groups in total. The molecule has 0 aliphatic carbocycles. The summed E-state index contributed by atoms with van der Waals surface area (Å²) in [6.07, 6.45) is 1.66. The Kier molecular flexibility index (Phi) is 6.14. The maximum Gasteiger partial charge on any atom is 0.227 e. The number of ether oxygens (including phenoxy) is 1. The molecule has 0 saturated carbocycles. The van der Waals surface area contributed by atoms with E-state index >= 15 is 0 Å². The van der Waals surface area contributed by atoms with Gasteiger partial charge in [-0.05, 0) is 26.7 Å². The first-order chi connectivity index (χ1) is 12.8. The average molecular weight is 377 g/mol. The minimum absolute atomic E-state index is 0.0269. The molecule has 2 aliphatic rings. The van der Waals surface area contributed by atoms with Gasteiger partial charge in [-0.3, -0.25) is 9.59 Å². The third kappa shape index (κ3) is 4.66. The number of aryl methyl sites for hydroxylation is 2. The molecule has 3 heterocycles. The van der Waals surface area contributed by atoms with Gasteiger partial charge in [-0.25, -0.2) is 9.67 Å². The van der Waals surface area contributed by atoms with Gasteiger partial charge in [0, 0.05) is 32.1 Å². The highest BCUT2D eigenvalue weighted by atomic mass is 16.5. The molecule has 2 unspecified atom stereocenters. The third-order valence-corrected chi connectivity index (χ3v) is 5.37. The van der Waals surface area contributed by atoms with Crippen molar-refractivity contribution in [2.45, 2.75) is 53.2 Å². The number of hydrogen-bond acceptors (Lipinski definition) is 5. The van der Waals surface area contributed by atoms with Crippen LogP contribution in [-0.2, 0) is 20.9 Å². The second-order valence-electron chi connectivity index (χ2n) is 7.94. The first-order valence-corrected chi connectivity index (χ1v) is 9.92. The highest BCUT2D eigenvalue weighted by Gasteiger charge is 2.34. The molecule has 0 bridgehead atoms. The summed E-state index contributed by atoms with van der Waals surface area (Å²) in [5.41, 5.74) is 0. The van der Waals surface area contributed by atoms with Crippen LogP contribution in [0.3, 0.4) is 0 Å². The van der Waals surface area contributed by atoms with Gasteiger partial charge in [0.2, 0.25) is 11.8 Å². The van der Waals surface area contributed by atoms with Crippen molar-refractivity contribution in [2.75, 3.05) is 32.8 Å². The van der Waals surface area contributed by atoms with Crippen LogP contribution in [0.15, 0.2) is 0 Å². The quantitative estimate of drug-likeness (QED) is 0.783. The molecular formula is C19H31N5O3. The van der Waals surface area contributed by atoms with Crippen LogP contribution in [0.2, 0.25) is 0 Å². The van der Waals surface area contributed by atoms with E-state index in [-0.39, 0.29) is 29.8 Å². The fourth-order valence-corrected chi connectivity index (χ4v) is 3.96. The van der Waals surface area contributed by atoms with Crippen molar-refractivity contribution in [1.29, 1.82) is 0 Å². The number of nitrogens with zero attached hydrogens (tertiary/aromatic N) is 5. The van der Waals surface area contributed by atoms with E-state index in [1.807, 2.05) is 42.2 Å². The van der Waals surface area contributed by atoms with E-state index in [1.165, 1.54) is 0 Å². The summed E-state index contributed by atoms with van der Waals surface area (Å²) in [5.74, 6) is 1.76. The van der Waals surface area contributed by atoms with Crippen molar-refractivity contribution in [1.82, 2.24) is 24.6 Å². The molecule has 1 aromatic rings. The van der Waals surface area contributed by atoms with E-state index in [4.69, 9.17) is 4.74 Å². The largest absolute Gasteiger partial charge is 0.373 e. The number of carbonyl (C=O) groups is 2. The molecule has 0 spiro atoms. The molecule has 1 aromatic heterocycles. The molecule has 8 heteroatoms. The van der Waals surface area contributed by atoms with Crippen molar-refractivity contribution in [3.63, 3.8) is 0 Å². The normalized spacial score (nSPS) is 23.7.